The largest absolute Gasteiger partial charge is 0.497 e. The molecule has 0 aliphatic carbocycles. The number of carbonyl (C=O) groups is 1. The van der Waals surface area contributed by atoms with Crippen molar-refractivity contribution in [2.45, 2.75) is 38.5 Å². The molecule has 0 saturated heterocycles. The van der Waals surface area contributed by atoms with Gasteiger partial charge in [-0.25, -0.2) is 4.79 Å². The van der Waals surface area contributed by atoms with E-state index in [4.69, 9.17) is 9.47 Å². The molecular weight excluding hydrogens is 530 g/mol. The van der Waals surface area contributed by atoms with E-state index in [0.29, 0.717) is 12.0 Å². The van der Waals surface area contributed by atoms with E-state index >= 15 is 0 Å². The van der Waals surface area contributed by atoms with Crippen LogP contribution < -0.4 is 9.64 Å². The molecule has 1 N–H and O–H groups in total. The smallest absolute Gasteiger partial charge is 0.329 e. The Hall–Kier alpha value is -5.11. The second-order valence-corrected chi connectivity index (χ2v) is 10.7. The summed E-state index contributed by atoms with van der Waals surface area (Å²) in [4.78, 5) is 30.8. The van der Waals surface area contributed by atoms with Crippen molar-refractivity contribution < 1.29 is 19.2 Å². The average Bonchev–Trinajstić information content (AvgIpc) is 3.38. The summed E-state index contributed by atoms with van der Waals surface area (Å²) in [6.07, 6.45) is 0.133. The summed E-state index contributed by atoms with van der Waals surface area (Å²) in [5.41, 5.74) is 6.42. The highest BCUT2D eigenvalue weighted by Crippen LogP contribution is 2.44. The third kappa shape index (κ3) is 4.96. The predicted molar refractivity (Wildman–Crippen MR) is 163 cm³/mol. The van der Waals surface area contributed by atoms with Gasteiger partial charge in [-0.15, -0.1) is 0 Å². The minimum atomic E-state index is -0.657. The standard InChI is InChI=1S/C34H31N3O5/c1-21(2)42-34(38)31-20-29-28-9-4-5-10-30(28)35-32(29)33(24-7-6-8-26(19-24)37(39)40)36(31)25-15-11-22(12-16-25)23-13-17-27(41-3)18-14-23/h4-19,21,31,33,35H,20H2,1-3H3/t31-,33-/m0/s1. The normalized spacial score (nSPS) is 16.3. The number of non-ortho nitro benzene ring substituents is 1. The monoisotopic (exact) mass is 561 g/mol. The topological polar surface area (TPSA) is 97.7 Å². The zero-order valence-corrected chi connectivity index (χ0v) is 23.6. The van der Waals surface area contributed by atoms with Crippen molar-refractivity contribution >= 4 is 28.2 Å². The first-order valence-electron chi connectivity index (χ1n) is 13.9. The number of aromatic nitrogens is 1. The number of rotatable bonds is 7. The molecule has 2 atom stereocenters. The second kappa shape index (κ2) is 11.0. The van der Waals surface area contributed by atoms with E-state index in [0.717, 1.165) is 44.7 Å². The Bertz CT molecular complexity index is 1760. The molecule has 1 aromatic heterocycles. The highest BCUT2D eigenvalue weighted by molar-refractivity contribution is 5.90. The molecule has 0 spiro atoms. The Morgan fingerprint density at radius 1 is 0.952 bits per heavy atom. The first-order valence-corrected chi connectivity index (χ1v) is 13.9. The van der Waals surface area contributed by atoms with Gasteiger partial charge in [0.1, 0.15) is 11.8 Å². The number of nitro benzene ring substituents is 1. The van der Waals surface area contributed by atoms with Gasteiger partial charge in [-0.2, -0.15) is 0 Å². The van der Waals surface area contributed by atoms with Crippen LogP contribution in [-0.4, -0.2) is 35.1 Å². The van der Waals surface area contributed by atoms with Crippen molar-refractivity contribution in [3.05, 3.63) is 124 Å². The number of H-pyrrole nitrogens is 1. The van der Waals surface area contributed by atoms with Gasteiger partial charge in [-0.1, -0.05) is 54.6 Å². The number of hydrogen-bond donors (Lipinski definition) is 1. The molecule has 0 amide bonds. The minimum Gasteiger partial charge on any atom is -0.497 e. The van der Waals surface area contributed by atoms with Gasteiger partial charge in [-0.3, -0.25) is 10.1 Å². The van der Waals surface area contributed by atoms with Gasteiger partial charge >= 0.3 is 5.97 Å². The van der Waals surface area contributed by atoms with Gasteiger partial charge in [0, 0.05) is 40.8 Å². The van der Waals surface area contributed by atoms with Crippen molar-refractivity contribution in [3.63, 3.8) is 0 Å². The molecule has 8 heteroatoms. The second-order valence-electron chi connectivity index (χ2n) is 10.7. The van der Waals surface area contributed by atoms with Crippen LogP contribution in [0.15, 0.2) is 97.1 Å². The maximum Gasteiger partial charge on any atom is 0.329 e. The molecule has 1 aliphatic heterocycles. The lowest BCUT2D eigenvalue weighted by atomic mass is 9.87. The van der Waals surface area contributed by atoms with Crippen molar-refractivity contribution in [2.75, 3.05) is 12.0 Å². The zero-order chi connectivity index (χ0) is 29.4. The molecule has 0 radical (unpaired) electrons. The average molecular weight is 562 g/mol. The third-order valence-electron chi connectivity index (χ3n) is 7.74. The lowest BCUT2D eigenvalue weighted by Crippen LogP contribution is -2.50. The summed E-state index contributed by atoms with van der Waals surface area (Å²) in [6, 6.07) is 29.3. The van der Waals surface area contributed by atoms with E-state index in [-0.39, 0.29) is 17.8 Å². The van der Waals surface area contributed by atoms with Crippen LogP contribution >= 0.6 is 0 Å². The highest BCUT2D eigenvalue weighted by atomic mass is 16.6. The first kappa shape index (κ1) is 27.1. The molecule has 0 fully saturated rings. The number of para-hydroxylation sites is 1. The van der Waals surface area contributed by atoms with Crippen LogP contribution in [0.4, 0.5) is 11.4 Å². The molecule has 212 valence electrons. The fourth-order valence-electron chi connectivity index (χ4n) is 5.87. The lowest BCUT2D eigenvalue weighted by Gasteiger charge is -2.43. The molecule has 4 aromatic carbocycles. The van der Waals surface area contributed by atoms with Crippen LogP contribution in [0.3, 0.4) is 0 Å². The summed E-state index contributed by atoms with van der Waals surface area (Å²) in [7, 11) is 1.64. The van der Waals surface area contributed by atoms with Gasteiger partial charge < -0.3 is 19.4 Å². The van der Waals surface area contributed by atoms with E-state index in [1.54, 1.807) is 19.2 Å². The molecule has 2 heterocycles. The molecule has 5 aromatic rings. The zero-order valence-electron chi connectivity index (χ0n) is 23.6. The SMILES string of the molecule is COc1ccc(-c2ccc(N3[C@@H](c4cccc([N+](=O)[O-])c4)c4[nH]c5ccccc5c4C[C@H]3C(=O)OC(C)C)cc2)cc1. The number of hydrogen-bond acceptors (Lipinski definition) is 6. The van der Waals surface area contributed by atoms with E-state index in [9.17, 15) is 14.9 Å². The first-order chi connectivity index (χ1) is 20.3. The molecule has 0 bridgehead atoms. The number of aromatic amines is 1. The number of anilines is 1. The minimum absolute atomic E-state index is 0.00755. The van der Waals surface area contributed by atoms with Gasteiger partial charge in [-0.05, 0) is 66.4 Å². The quantitative estimate of drug-likeness (QED) is 0.128. The van der Waals surface area contributed by atoms with Crippen LogP contribution in [0, 0.1) is 10.1 Å². The number of methoxy groups -OCH3 is 1. The summed E-state index contributed by atoms with van der Waals surface area (Å²) in [5.74, 6) is 0.444. The number of nitrogens with zero attached hydrogens (tertiary/aromatic N) is 2. The maximum atomic E-state index is 13.8. The number of fused-ring (bicyclic) bond motifs is 3. The fraction of sp³-hybridized carbons (Fsp3) is 0.206. The molecule has 0 saturated carbocycles. The Morgan fingerprint density at radius 3 is 2.31 bits per heavy atom. The number of nitrogens with one attached hydrogen (secondary N) is 1. The van der Waals surface area contributed by atoms with Crippen molar-refractivity contribution in [2.24, 2.45) is 0 Å². The summed E-state index contributed by atoms with van der Waals surface area (Å²) in [6.45, 7) is 3.67. The third-order valence-corrected chi connectivity index (χ3v) is 7.74. The summed E-state index contributed by atoms with van der Waals surface area (Å²) in [5, 5.41) is 12.8. The van der Waals surface area contributed by atoms with Crippen LogP contribution in [-0.2, 0) is 16.0 Å². The molecule has 6 rings (SSSR count). The van der Waals surface area contributed by atoms with Gasteiger partial charge in [0.25, 0.3) is 5.69 Å². The van der Waals surface area contributed by atoms with Gasteiger partial charge in [0.05, 0.1) is 24.2 Å². The maximum absolute atomic E-state index is 13.8. The Balaban J connectivity index is 1.53. The number of esters is 1. The van der Waals surface area contributed by atoms with Crippen LogP contribution in [0.1, 0.15) is 36.7 Å². The van der Waals surface area contributed by atoms with E-state index < -0.39 is 17.0 Å². The number of ether oxygens (including phenoxy) is 2. The number of carbonyl (C=O) groups excluding carboxylic acids is 1. The molecule has 0 unspecified atom stereocenters. The van der Waals surface area contributed by atoms with Crippen LogP contribution in [0.2, 0.25) is 0 Å². The van der Waals surface area contributed by atoms with Crippen molar-refractivity contribution in [1.29, 1.82) is 0 Å². The summed E-state index contributed by atoms with van der Waals surface area (Å²) >= 11 is 0. The molecule has 8 nitrogen and oxygen atoms in total. The number of benzene rings is 4. The van der Waals surface area contributed by atoms with Crippen LogP contribution in [0.25, 0.3) is 22.0 Å². The summed E-state index contributed by atoms with van der Waals surface area (Å²) < 4.78 is 11.1. The van der Waals surface area contributed by atoms with Crippen molar-refractivity contribution in [1.82, 2.24) is 4.98 Å². The lowest BCUT2D eigenvalue weighted by molar-refractivity contribution is -0.384. The van der Waals surface area contributed by atoms with E-state index in [2.05, 4.69) is 4.98 Å². The van der Waals surface area contributed by atoms with Gasteiger partial charge in [0.2, 0.25) is 0 Å². The fourth-order valence-corrected chi connectivity index (χ4v) is 5.87. The molecular formula is C34H31N3O5. The van der Waals surface area contributed by atoms with E-state index in [1.165, 1.54) is 6.07 Å². The Kier molecular flexibility index (Phi) is 7.12. The van der Waals surface area contributed by atoms with Gasteiger partial charge in [0.15, 0.2) is 0 Å². The Morgan fingerprint density at radius 2 is 1.64 bits per heavy atom. The van der Waals surface area contributed by atoms with Crippen molar-refractivity contribution in [3.8, 4) is 16.9 Å². The highest BCUT2D eigenvalue weighted by Gasteiger charge is 2.42. The Labute approximate surface area is 243 Å². The molecule has 1 aliphatic rings. The van der Waals surface area contributed by atoms with Crippen LogP contribution in [0.5, 0.6) is 5.75 Å². The molecule has 42 heavy (non-hydrogen) atoms. The predicted octanol–water partition coefficient (Wildman–Crippen LogP) is 7.22. The van der Waals surface area contributed by atoms with E-state index in [1.807, 2.05) is 97.6 Å². The number of nitro groups is 1.